The summed E-state index contributed by atoms with van der Waals surface area (Å²) in [7, 11) is 1.31. The summed E-state index contributed by atoms with van der Waals surface area (Å²) in [6, 6.07) is 5.29. The van der Waals surface area contributed by atoms with Crippen LogP contribution >= 0.6 is 0 Å². The highest BCUT2D eigenvalue weighted by atomic mass is 16.6. The van der Waals surface area contributed by atoms with Gasteiger partial charge in [0.15, 0.2) is 0 Å². The van der Waals surface area contributed by atoms with Gasteiger partial charge in [0.05, 0.1) is 18.5 Å². The Bertz CT molecular complexity index is 611. The fraction of sp³-hybridized carbons (Fsp3) is 0.529. The molecule has 24 heavy (non-hydrogen) atoms. The van der Waals surface area contributed by atoms with Crippen molar-refractivity contribution in [1.82, 2.24) is 5.32 Å². The number of nitrogens with zero attached hydrogens (tertiary/aromatic N) is 1. The van der Waals surface area contributed by atoms with Gasteiger partial charge >= 0.3 is 5.97 Å². The number of benzene rings is 1. The van der Waals surface area contributed by atoms with Gasteiger partial charge in [0.1, 0.15) is 6.04 Å². The third kappa shape index (κ3) is 4.78. The fourth-order valence-corrected chi connectivity index (χ4v) is 3.15. The summed E-state index contributed by atoms with van der Waals surface area (Å²) in [4.78, 5) is 34.6. The minimum atomic E-state index is -0.651. The Hall–Kier alpha value is -2.44. The predicted octanol–water partition coefficient (Wildman–Crippen LogP) is 2.38. The van der Waals surface area contributed by atoms with E-state index in [0.29, 0.717) is 5.56 Å². The van der Waals surface area contributed by atoms with E-state index in [9.17, 15) is 19.7 Å². The van der Waals surface area contributed by atoms with Crippen molar-refractivity contribution in [3.05, 3.63) is 39.9 Å². The minimum Gasteiger partial charge on any atom is -0.467 e. The number of methoxy groups -OCH3 is 1. The van der Waals surface area contributed by atoms with E-state index in [-0.39, 0.29) is 23.9 Å². The number of esters is 1. The summed E-state index contributed by atoms with van der Waals surface area (Å²) in [6.07, 6.45) is 4.99. The second-order valence-electron chi connectivity index (χ2n) is 6.07. The zero-order valence-corrected chi connectivity index (χ0v) is 13.7. The van der Waals surface area contributed by atoms with E-state index in [0.717, 1.165) is 32.1 Å². The van der Waals surface area contributed by atoms with E-state index in [4.69, 9.17) is 4.74 Å². The zero-order valence-electron chi connectivity index (χ0n) is 13.7. The summed E-state index contributed by atoms with van der Waals surface area (Å²) in [5.74, 6) is -0.689. The Morgan fingerprint density at radius 1 is 1.33 bits per heavy atom. The van der Waals surface area contributed by atoms with Gasteiger partial charge < -0.3 is 10.1 Å². The summed E-state index contributed by atoms with van der Waals surface area (Å²) in [6.45, 7) is 0. The van der Waals surface area contributed by atoms with E-state index in [1.54, 1.807) is 12.1 Å². The first-order chi connectivity index (χ1) is 11.5. The monoisotopic (exact) mass is 334 g/mol. The molecule has 0 aromatic heterocycles. The molecule has 7 nitrogen and oxygen atoms in total. The smallest absolute Gasteiger partial charge is 0.328 e. The van der Waals surface area contributed by atoms with Crippen molar-refractivity contribution in [1.29, 1.82) is 0 Å². The minimum absolute atomic E-state index is 0.0120. The summed E-state index contributed by atoms with van der Waals surface area (Å²) in [5.41, 5.74) is 0.478. The van der Waals surface area contributed by atoms with Crippen LogP contribution in [-0.4, -0.2) is 30.0 Å². The van der Waals surface area contributed by atoms with Crippen molar-refractivity contribution >= 4 is 17.6 Å². The standard InChI is InChI=1S/C17H22N2O5/c1-24-17(21)16(13-7-3-2-4-8-13)18-15(20)11-12-6-5-9-14(10-12)19(22)23/h5-6,9-10,13,16H,2-4,7-8,11H2,1H3,(H,18,20)/t16-/m0/s1. The lowest BCUT2D eigenvalue weighted by atomic mass is 9.83. The lowest BCUT2D eigenvalue weighted by Crippen LogP contribution is -2.47. The Balaban J connectivity index is 2.03. The maximum Gasteiger partial charge on any atom is 0.328 e. The SMILES string of the molecule is COC(=O)[C@@H](NC(=O)Cc1cccc([N+](=O)[O-])c1)C1CCCCC1. The molecular weight excluding hydrogens is 312 g/mol. The van der Waals surface area contributed by atoms with Crippen LogP contribution in [0, 0.1) is 16.0 Å². The number of carbonyl (C=O) groups excluding carboxylic acids is 2. The number of ether oxygens (including phenoxy) is 1. The molecule has 1 aliphatic carbocycles. The number of hydrogen-bond acceptors (Lipinski definition) is 5. The molecule has 0 bridgehead atoms. The van der Waals surface area contributed by atoms with Gasteiger partial charge in [-0.25, -0.2) is 4.79 Å². The summed E-state index contributed by atoms with van der Waals surface area (Å²) >= 11 is 0. The molecule has 0 radical (unpaired) electrons. The molecule has 0 unspecified atom stereocenters. The number of nitro groups is 1. The first kappa shape index (κ1) is 17.9. The van der Waals surface area contributed by atoms with Crippen LogP contribution in [0.4, 0.5) is 5.69 Å². The van der Waals surface area contributed by atoms with Gasteiger partial charge in [-0.1, -0.05) is 31.4 Å². The Labute approximate surface area is 140 Å². The highest BCUT2D eigenvalue weighted by molar-refractivity contribution is 5.85. The molecule has 0 aliphatic heterocycles. The van der Waals surface area contributed by atoms with E-state index in [1.807, 2.05) is 0 Å². The maximum atomic E-state index is 12.3. The van der Waals surface area contributed by atoms with Crippen molar-refractivity contribution < 1.29 is 19.2 Å². The number of amides is 1. The van der Waals surface area contributed by atoms with Gasteiger partial charge in [-0.3, -0.25) is 14.9 Å². The number of nitro benzene ring substituents is 1. The third-order valence-corrected chi connectivity index (χ3v) is 4.38. The van der Waals surface area contributed by atoms with Gasteiger partial charge in [0.25, 0.3) is 5.69 Å². The van der Waals surface area contributed by atoms with E-state index >= 15 is 0 Å². The predicted molar refractivity (Wildman–Crippen MR) is 87.3 cm³/mol. The molecule has 1 aliphatic rings. The van der Waals surface area contributed by atoms with Crippen LogP contribution in [0.1, 0.15) is 37.7 Å². The Morgan fingerprint density at radius 2 is 2.04 bits per heavy atom. The summed E-state index contributed by atoms with van der Waals surface area (Å²) < 4.78 is 4.82. The fourth-order valence-electron chi connectivity index (χ4n) is 3.15. The van der Waals surface area contributed by atoms with Crippen molar-refractivity contribution in [2.45, 2.75) is 44.6 Å². The second kappa shape index (κ2) is 8.42. The Kier molecular flexibility index (Phi) is 6.28. The normalized spacial score (nSPS) is 16.2. The molecule has 1 aromatic rings. The number of hydrogen-bond donors (Lipinski definition) is 1. The Morgan fingerprint density at radius 3 is 2.67 bits per heavy atom. The summed E-state index contributed by atoms with van der Waals surface area (Å²) in [5, 5.41) is 13.5. The molecule has 2 rings (SSSR count). The number of carbonyl (C=O) groups is 2. The molecular formula is C17H22N2O5. The number of non-ortho nitro benzene ring substituents is 1. The molecule has 0 heterocycles. The van der Waals surface area contributed by atoms with Gasteiger partial charge in [0.2, 0.25) is 5.91 Å². The topological polar surface area (TPSA) is 98.5 Å². The zero-order chi connectivity index (χ0) is 17.5. The molecule has 1 atom stereocenters. The lowest BCUT2D eigenvalue weighted by molar-refractivity contribution is -0.384. The molecule has 1 saturated carbocycles. The average Bonchev–Trinajstić information content (AvgIpc) is 2.60. The molecule has 0 spiro atoms. The van der Waals surface area contributed by atoms with Crippen LogP contribution in [0.2, 0.25) is 0 Å². The van der Waals surface area contributed by atoms with Crippen molar-refractivity contribution in [2.75, 3.05) is 7.11 Å². The van der Waals surface area contributed by atoms with Crippen molar-refractivity contribution in [2.24, 2.45) is 5.92 Å². The van der Waals surface area contributed by atoms with Crippen LogP contribution in [-0.2, 0) is 20.7 Å². The van der Waals surface area contributed by atoms with Crippen LogP contribution in [0.5, 0.6) is 0 Å². The largest absolute Gasteiger partial charge is 0.467 e. The quantitative estimate of drug-likeness (QED) is 0.489. The molecule has 130 valence electrons. The highest BCUT2D eigenvalue weighted by Crippen LogP contribution is 2.27. The lowest BCUT2D eigenvalue weighted by Gasteiger charge is -2.29. The molecule has 1 N–H and O–H groups in total. The molecule has 1 aromatic carbocycles. The molecule has 1 fully saturated rings. The van der Waals surface area contributed by atoms with Gasteiger partial charge in [-0.05, 0) is 24.3 Å². The molecule has 0 saturated heterocycles. The van der Waals surface area contributed by atoms with Gasteiger partial charge in [-0.15, -0.1) is 0 Å². The van der Waals surface area contributed by atoms with E-state index in [2.05, 4.69) is 5.32 Å². The van der Waals surface area contributed by atoms with Crippen LogP contribution in [0.15, 0.2) is 24.3 Å². The van der Waals surface area contributed by atoms with Crippen molar-refractivity contribution in [3.8, 4) is 0 Å². The highest BCUT2D eigenvalue weighted by Gasteiger charge is 2.31. The van der Waals surface area contributed by atoms with Gasteiger partial charge in [-0.2, -0.15) is 0 Å². The second-order valence-corrected chi connectivity index (χ2v) is 6.07. The van der Waals surface area contributed by atoms with Gasteiger partial charge in [0, 0.05) is 12.1 Å². The van der Waals surface area contributed by atoms with Crippen molar-refractivity contribution in [3.63, 3.8) is 0 Å². The number of rotatable bonds is 6. The molecule has 7 heteroatoms. The van der Waals surface area contributed by atoms with Crippen LogP contribution in [0.25, 0.3) is 0 Å². The van der Waals surface area contributed by atoms with Crippen LogP contribution in [0.3, 0.4) is 0 Å². The van der Waals surface area contributed by atoms with E-state index < -0.39 is 16.9 Å². The maximum absolute atomic E-state index is 12.3. The first-order valence-electron chi connectivity index (χ1n) is 8.12. The van der Waals surface area contributed by atoms with E-state index in [1.165, 1.54) is 19.2 Å². The van der Waals surface area contributed by atoms with Crippen LogP contribution < -0.4 is 5.32 Å². The molecule has 1 amide bonds. The third-order valence-electron chi connectivity index (χ3n) is 4.38. The first-order valence-corrected chi connectivity index (χ1v) is 8.12. The number of nitrogens with one attached hydrogen (secondary N) is 1. The average molecular weight is 334 g/mol.